The maximum atomic E-state index is 6.03. The van der Waals surface area contributed by atoms with Gasteiger partial charge >= 0.3 is 0 Å². The minimum atomic E-state index is 0.497. The van der Waals surface area contributed by atoms with Gasteiger partial charge in [0.1, 0.15) is 11.6 Å². The summed E-state index contributed by atoms with van der Waals surface area (Å²) in [6, 6.07) is 7.68. The van der Waals surface area contributed by atoms with E-state index in [1.807, 2.05) is 31.3 Å². The van der Waals surface area contributed by atoms with Crippen LogP contribution in [0.15, 0.2) is 24.3 Å². The fourth-order valence-corrected chi connectivity index (χ4v) is 1.79. The molecule has 0 spiro atoms. The van der Waals surface area contributed by atoms with Gasteiger partial charge in [-0.15, -0.1) is 0 Å². The largest absolute Gasteiger partial charge is 0.497 e. The Morgan fingerprint density at radius 1 is 1.47 bits per heavy atom. The van der Waals surface area contributed by atoms with Crippen LogP contribution in [0, 0.1) is 0 Å². The molecule has 0 radical (unpaired) electrons. The molecule has 90 valence electrons. The maximum Gasteiger partial charge on any atom is 0.152 e. The Morgan fingerprint density at radius 3 is 3.00 bits per heavy atom. The molecule has 0 aliphatic rings. The van der Waals surface area contributed by atoms with E-state index in [-0.39, 0.29) is 0 Å². The van der Waals surface area contributed by atoms with E-state index in [1.54, 1.807) is 7.11 Å². The Labute approximate surface area is 105 Å². The number of aromatic amines is 1. The number of nitrogens with zero attached hydrogens (tertiary/aromatic N) is 1. The van der Waals surface area contributed by atoms with Crippen molar-refractivity contribution in [3.8, 4) is 17.1 Å². The zero-order valence-electron chi connectivity index (χ0n) is 9.75. The molecule has 0 saturated carbocycles. The fourth-order valence-electron chi connectivity index (χ4n) is 1.59. The van der Waals surface area contributed by atoms with Crippen LogP contribution in [0.5, 0.6) is 5.75 Å². The second-order valence-corrected chi connectivity index (χ2v) is 3.98. The molecule has 17 heavy (non-hydrogen) atoms. The summed E-state index contributed by atoms with van der Waals surface area (Å²) in [7, 11) is 3.50. The Kier molecular flexibility index (Phi) is 3.66. The van der Waals surface area contributed by atoms with Gasteiger partial charge in [0, 0.05) is 12.1 Å². The van der Waals surface area contributed by atoms with Crippen LogP contribution in [0.25, 0.3) is 11.4 Å². The van der Waals surface area contributed by atoms with E-state index in [0.29, 0.717) is 11.7 Å². The van der Waals surface area contributed by atoms with Gasteiger partial charge in [-0.1, -0.05) is 23.7 Å². The van der Waals surface area contributed by atoms with Gasteiger partial charge < -0.3 is 15.0 Å². The van der Waals surface area contributed by atoms with Gasteiger partial charge in [0.15, 0.2) is 5.15 Å². The van der Waals surface area contributed by atoms with Crippen molar-refractivity contribution in [3.05, 3.63) is 35.1 Å². The van der Waals surface area contributed by atoms with E-state index in [0.717, 1.165) is 22.8 Å². The number of hydrogen-bond acceptors (Lipinski definition) is 3. The van der Waals surface area contributed by atoms with Crippen molar-refractivity contribution >= 4 is 11.6 Å². The minimum Gasteiger partial charge on any atom is -0.497 e. The summed E-state index contributed by atoms with van der Waals surface area (Å²) >= 11 is 6.03. The first-order valence-corrected chi connectivity index (χ1v) is 5.66. The molecule has 0 aliphatic carbocycles. The summed E-state index contributed by atoms with van der Waals surface area (Å²) in [6.45, 7) is 0.663. The third-order valence-corrected chi connectivity index (χ3v) is 2.74. The maximum absolute atomic E-state index is 6.03. The van der Waals surface area contributed by atoms with Crippen molar-refractivity contribution < 1.29 is 4.74 Å². The topological polar surface area (TPSA) is 49.9 Å². The van der Waals surface area contributed by atoms with Crippen LogP contribution in [-0.2, 0) is 6.54 Å². The fraction of sp³-hybridized carbons (Fsp3) is 0.250. The molecule has 0 bridgehead atoms. The first kappa shape index (κ1) is 12.0. The van der Waals surface area contributed by atoms with Crippen LogP contribution in [0.1, 0.15) is 5.69 Å². The molecule has 0 fully saturated rings. The second kappa shape index (κ2) is 5.21. The molecule has 1 aromatic heterocycles. The summed E-state index contributed by atoms with van der Waals surface area (Å²) in [5.41, 5.74) is 1.83. The molecule has 0 amide bonds. The molecule has 5 heteroatoms. The Hall–Kier alpha value is -1.52. The highest BCUT2D eigenvalue weighted by atomic mass is 35.5. The minimum absolute atomic E-state index is 0.497. The molecule has 1 heterocycles. The lowest BCUT2D eigenvalue weighted by molar-refractivity contribution is 0.415. The first-order valence-electron chi connectivity index (χ1n) is 5.28. The SMILES string of the molecule is CNCc1[nH]c(-c2cccc(OC)c2)nc1Cl. The highest BCUT2D eigenvalue weighted by Crippen LogP contribution is 2.24. The number of rotatable bonds is 4. The van der Waals surface area contributed by atoms with Crippen LogP contribution in [0.3, 0.4) is 0 Å². The standard InChI is InChI=1S/C12H14ClN3O/c1-14-7-10-11(13)16-12(15-10)8-4-3-5-9(6-8)17-2/h3-6,14H,7H2,1-2H3,(H,15,16). The van der Waals surface area contributed by atoms with E-state index in [2.05, 4.69) is 15.3 Å². The molecule has 4 nitrogen and oxygen atoms in total. The third kappa shape index (κ3) is 2.60. The van der Waals surface area contributed by atoms with E-state index in [1.165, 1.54) is 0 Å². The molecule has 0 saturated heterocycles. The number of halogens is 1. The summed E-state index contributed by atoms with van der Waals surface area (Å²) < 4.78 is 5.17. The molecule has 0 aliphatic heterocycles. The van der Waals surface area contributed by atoms with Crippen molar-refractivity contribution in [1.82, 2.24) is 15.3 Å². The highest BCUT2D eigenvalue weighted by molar-refractivity contribution is 6.30. The van der Waals surface area contributed by atoms with Crippen LogP contribution >= 0.6 is 11.6 Å². The lowest BCUT2D eigenvalue weighted by Crippen LogP contribution is -2.05. The third-order valence-electron chi connectivity index (χ3n) is 2.43. The monoisotopic (exact) mass is 251 g/mol. The van der Waals surface area contributed by atoms with Gasteiger partial charge in [-0.25, -0.2) is 4.98 Å². The van der Waals surface area contributed by atoms with Gasteiger partial charge in [0.25, 0.3) is 0 Å². The Bertz CT molecular complexity index is 510. The van der Waals surface area contributed by atoms with Gasteiger partial charge in [0.2, 0.25) is 0 Å². The molecule has 2 rings (SSSR count). The van der Waals surface area contributed by atoms with Gasteiger partial charge in [-0.2, -0.15) is 0 Å². The average molecular weight is 252 g/mol. The van der Waals surface area contributed by atoms with Crippen molar-refractivity contribution in [1.29, 1.82) is 0 Å². The predicted molar refractivity (Wildman–Crippen MR) is 68.3 cm³/mol. The van der Waals surface area contributed by atoms with E-state index < -0.39 is 0 Å². The number of methoxy groups -OCH3 is 1. The smallest absolute Gasteiger partial charge is 0.152 e. The van der Waals surface area contributed by atoms with Crippen LogP contribution in [0.4, 0.5) is 0 Å². The van der Waals surface area contributed by atoms with Crippen molar-refractivity contribution in [3.63, 3.8) is 0 Å². The van der Waals surface area contributed by atoms with E-state index in [4.69, 9.17) is 16.3 Å². The molecule has 2 aromatic rings. The number of nitrogens with one attached hydrogen (secondary N) is 2. The van der Waals surface area contributed by atoms with Gasteiger partial charge in [-0.3, -0.25) is 0 Å². The number of hydrogen-bond donors (Lipinski definition) is 2. The summed E-state index contributed by atoms with van der Waals surface area (Å²) in [5.74, 6) is 1.55. The Morgan fingerprint density at radius 2 is 2.29 bits per heavy atom. The van der Waals surface area contributed by atoms with Crippen molar-refractivity contribution in [2.24, 2.45) is 0 Å². The molecule has 1 aromatic carbocycles. The first-order chi connectivity index (χ1) is 8.24. The zero-order chi connectivity index (χ0) is 12.3. The average Bonchev–Trinajstić information content (AvgIpc) is 2.72. The van der Waals surface area contributed by atoms with E-state index in [9.17, 15) is 0 Å². The summed E-state index contributed by atoms with van der Waals surface area (Å²) in [4.78, 5) is 7.48. The zero-order valence-corrected chi connectivity index (χ0v) is 10.5. The molecular formula is C12H14ClN3O. The lowest BCUT2D eigenvalue weighted by atomic mass is 10.2. The number of imidazole rings is 1. The number of aromatic nitrogens is 2. The molecule has 0 atom stereocenters. The molecule has 0 unspecified atom stereocenters. The lowest BCUT2D eigenvalue weighted by Gasteiger charge is -2.01. The highest BCUT2D eigenvalue weighted by Gasteiger charge is 2.09. The summed E-state index contributed by atoms with van der Waals surface area (Å²) in [5, 5.41) is 3.53. The number of H-pyrrole nitrogens is 1. The van der Waals surface area contributed by atoms with Gasteiger partial charge in [0.05, 0.1) is 12.8 Å². The van der Waals surface area contributed by atoms with Crippen LogP contribution in [0.2, 0.25) is 5.15 Å². The van der Waals surface area contributed by atoms with Crippen molar-refractivity contribution in [2.75, 3.05) is 14.2 Å². The Balaban J connectivity index is 2.35. The van der Waals surface area contributed by atoms with Crippen molar-refractivity contribution in [2.45, 2.75) is 6.54 Å². The van der Waals surface area contributed by atoms with E-state index >= 15 is 0 Å². The summed E-state index contributed by atoms with van der Waals surface area (Å²) in [6.07, 6.45) is 0. The predicted octanol–water partition coefficient (Wildman–Crippen LogP) is 2.46. The second-order valence-electron chi connectivity index (χ2n) is 3.62. The number of ether oxygens (including phenoxy) is 1. The quantitative estimate of drug-likeness (QED) is 0.878. The molecular weight excluding hydrogens is 238 g/mol. The van der Waals surface area contributed by atoms with Gasteiger partial charge in [-0.05, 0) is 19.2 Å². The normalized spacial score (nSPS) is 10.5. The van der Waals surface area contributed by atoms with Crippen LogP contribution in [-0.4, -0.2) is 24.1 Å². The molecule has 2 N–H and O–H groups in total. The van der Waals surface area contributed by atoms with Crippen LogP contribution < -0.4 is 10.1 Å². The number of benzene rings is 1.